The maximum atomic E-state index is 13.0. The summed E-state index contributed by atoms with van der Waals surface area (Å²) >= 11 is 0. The topological polar surface area (TPSA) is 43.4 Å². The first-order valence-electron chi connectivity index (χ1n) is 17.1. The van der Waals surface area contributed by atoms with Gasteiger partial charge < -0.3 is 4.74 Å². The van der Waals surface area contributed by atoms with Crippen LogP contribution in [0.4, 0.5) is 0 Å². The number of benzene rings is 1. The first-order chi connectivity index (χ1) is 19.6. The van der Waals surface area contributed by atoms with Crippen molar-refractivity contribution in [2.75, 3.05) is 0 Å². The maximum absolute atomic E-state index is 13.0. The summed E-state index contributed by atoms with van der Waals surface area (Å²) in [6, 6.07) is 7.05. The molecule has 0 radical (unpaired) electrons. The van der Waals surface area contributed by atoms with Gasteiger partial charge in [0, 0.05) is 18.4 Å². The number of Topliss-reactive ketones (excluding diaryl/α,β-unsaturated/α-hetero) is 1. The number of ether oxygens (including phenoxy) is 1. The average molecular weight is 561 g/mol. The van der Waals surface area contributed by atoms with E-state index in [-0.39, 0.29) is 23.3 Å². The van der Waals surface area contributed by atoms with E-state index < -0.39 is 0 Å². The predicted molar refractivity (Wildman–Crippen MR) is 168 cm³/mol. The van der Waals surface area contributed by atoms with Gasteiger partial charge in [-0.05, 0) is 110 Å². The van der Waals surface area contributed by atoms with Crippen molar-refractivity contribution < 1.29 is 14.3 Å². The number of hydrogen-bond donors (Lipinski definition) is 0. The highest BCUT2D eigenvalue weighted by Crippen LogP contribution is 2.67. The Hall–Kier alpha value is -1.90. The lowest BCUT2D eigenvalue weighted by Crippen LogP contribution is -2.51. The zero-order valence-electron chi connectivity index (χ0n) is 26.8. The summed E-state index contributed by atoms with van der Waals surface area (Å²) in [7, 11) is 0. The van der Waals surface area contributed by atoms with Gasteiger partial charge >= 0.3 is 5.97 Å². The molecule has 5 rings (SSSR count). The van der Waals surface area contributed by atoms with Crippen LogP contribution in [0.5, 0.6) is 0 Å². The van der Waals surface area contributed by atoms with Gasteiger partial charge in [-0.15, -0.1) is 0 Å². The Kier molecular flexibility index (Phi) is 9.22. The van der Waals surface area contributed by atoms with Crippen molar-refractivity contribution in [3.05, 3.63) is 47.0 Å². The lowest BCUT2D eigenvalue weighted by molar-refractivity contribution is -0.0594. The van der Waals surface area contributed by atoms with Gasteiger partial charge in [0.2, 0.25) is 0 Å². The number of hydrogen-bond acceptors (Lipinski definition) is 3. The van der Waals surface area contributed by atoms with Crippen molar-refractivity contribution in [1.82, 2.24) is 0 Å². The third kappa shape index (κ3) is 5.98. The second kappa shape index (κ2) is 12.4. The number of fused-ring (bicyclic) bond motifs is 5. The van der Waals surface area contributed by atoms with Crippen LogP contribution in [0, 0.1) is 46.3 Å². The van der Waals surface area contributed by atoms with Gasteiger partial charge in [-0.3, -0.25) is 4.79 Å². The summed E-state index contributed by atoms with van der Waals surface area (Å²) in [6.45, 7) is 14.5. The van der Waals surface area contributed by atoms with E-state index in [1.165, 1.54) is 51.4 Å². The molecule has 41 heavy (non-hydrogen) atoms. The summed E-state index contributed by atoms with van der Waals surface area (Å²) in [5.74, 6) is 4.92. The molecule has 4 aliphatic rings. The van der Waals surface area contributed by atoms with Crippen molar-refractivity contribution in [2.24, 2.45) is 46.3 Å². The minimum atomic E-state index is -0.254. The third-order valence-electron chi connectivity index (χ3n) is 12.5. The van der Waals surface area contributed by atoms with Gasteiger partial charge in [-0.2, -0.15) is 0 Å². The largest absolute Gasteiger partial charge is 0.458 e. The predicted octanol–water partition coefficient (Wildman–Crippen LogP) is 10.2. The van der Waals surface area contributed by atoms with E-state index in [1.54, 1.807) is 29.8 Å². The molecule has 3 fully saturated rings. The fourth-order valence-corrected chi connectivity index (χ4v) is 10.1. The van der Waals surface area contributed by atoms with E-state index in [9.17, 15) is 9.59 Å². The van der Waals surface area contributed by atoms with Crippen LogP contribution in [0.1, 0.15) is 146 Å². The first-order valence-corrected chi connectivity index (χ1v) is 17.1. The van der Waals surface area contributed by atoms with Crippen LogP contribution >= 0.6 is 0 Å². The van der Waals surface area contributed by atoms with Crippen molar-refractivity contribution >= 4 is 11.8 Å². The lowest BCUT2D eigenvalue weighted by atomic mass is 9.47. The van der Waals surface area contributed by atoms with Gasteiger partial charge in [0.25, 0.3) is 0 Å². The van der Waals surface area contributed by atoms with Crippen LogP contribution in [0.2, 0.25) is 0 Å². The van der Waals surface area contributed by atoms with Gasteiger partial charge in [-0.25, -0.2) is 4.79 Å². The van der Waals surface area contributed by atoms with E-state index in [1.807, 2.05) is 6.92 Å². The molecule has 226 valence electrons. The first kappa shape index (κ1) is 30.6. The highest BCUT2D eigenvalue weighted by molar-refractivity contribution is 5.97. The summed E-state index contributed by atoms with van der Waals surface area (Å²) in [6.07, 6.45) is 17.9. The Morgan fingerprint density at radius 3 is 2.37 bits per heavy atom. The number of rotatable bonds is 10. The average Bonchev–Trinajstić information content (AvgIpc) is 3.30. The molecule has 8 atom stereocenters. The van der Waals surface area contributed by atoms with Crippen molar-refractivity contribution in [3.8, 4) is 0 Å². The minimum Gasteiger partial charge on any atom is -0.458 e. The molecular weight excluding hydrogens is 504 g/mol. The Balaban J connectivity index is 1.21. The van der Waals surface area contributed by atoms with E-state index in [4.69, 9.17) is 4.74 Å². The summed E-state index contributed by atoms with van der Waals surface area (Å²) in [4.78, 5) is 25.2. The summed E-state index contributed by atoms with van der Waals surface area (Å²) in [5, 5.41) is 0. The Labute approximate surface area is 250 Å². The SMILES string of the molecule is CCCC(=O)c1ccc(C(=O)OC2CC[C@@]3(C)C(=CCC4C3CC[C@@]3(C)C4CC[C@@H]3[C@H](C)CCCC(C)C)C2)cc1. The molecule has 0 saturated heterocycles. The monoisotopic (exact) mass is 560 g/mol. The quantitative estimate of drug-likeness (QED) is 0.162. The second-order valence-corrected chi connectivity index (χ2v) is 15.3. The molecule has 4 aliphatic carbocycles. The number of carbonyl (C=O) groups is 2. The lowest BCUT2D eigenvalue weighted by Gasteiger charge is -2.58. The van der Waals surface area contributed by atoms with Crippen LogP contribution in [0.15, 0.2) is 35.9 Å². The molecule has 1 aromatic rings. The van der Waals surface area contributed by atoms with Gasteiger partial charge in [-0.1, -0.05) is 84.6 Å². The fraction of sp³-hybridized carbons (Fsp3) is 0.737. The van der Waals surface area contributed by atoms with Crippen LogP contribution in [-0.2, 0) is 4.74 Å². The minimum absolute atomic E-state index is 0.0452. The molecule has 0 spiro atoms. The molecule has 0 heterocycles. The molecule has 0 N–H and O–H groups in total. The zero-order chi connectivity index (χ0) is 29.4. The molecule has 0 aliphatic heterocycles. The molecule has 0 bridgehead atoms. The van der Waals surface area contributed by atoms with Crippen molar-refractivity contribution in [1.29, 1.82) is 0 Å². The number of carbonyl (C=O) groups excluding carboxylic acids is 2. The zero-order valence-corrected chi connectivity index (χ0v) is 26.8. The van der Waals surface area contributed by atoms with E-state index in [2.05, 4.69) is 40.7 Å². The van der Waals surface area contributed by atoms with E-state index in [0.717, 1.165) is 61.2 Å². The van der Waals surface area contributed by atoms with E-state index >= 15 is 0 Å². The molecule has 0 aromatic heterocycles. The smallest absolute Gasteiger partial charge is 0.338 e. The maximum Gasteiger partial charge on any atom is 0.338 e. The van der Waals surface area contributed by atoms with E-state index in [0.29, 0.717) is 23.0 Å². The number of esters is 1. The molecule has 1 aromatic carbocycles. The van der Waals surface area contributed by atoms with Crippen LogP contribution in [0.3, 0.4) is 0 Å². The number of allylic oxidation sites excluding steroid dienone is 1. The molecule has 3 saturated carbocycles. The molecule has 0 amide bonds. The second-order valence-electron chi connectivity index (χ2n) is 15.3. The summed E-state index contributed by atoms with van der Waals surface area (Å²) in [5.41, 5.74) is 3.56. The van der Waals surface area contributed by atoms with Crippen LogP contribution in [-0.4, -0.2) is 17.9 Å². The number of ketones is 1. The Morgan fingerprint density at radius 1 is 0.927 bits per heavy atom. The Bertz CT molecular complexity index is 1110. The Morgan fingerprint density at radius 2 is 1.66 bits per heavy atom. The van der Waals surface area contributed by atoms with Crippen LogP contribution in [0.25, 0.3) is 0 Å². The molecule has 3 heteroatoms. The van der Waals surface area contributed by atoms with Gasteiger partial charge in [0.05, 0.1) is 5.56 Å². The van der Waals surface area contributed by atoms with Crippen molar-refractivity contribution in [3.63, 3.8) is 0 Å². The van der Waals surface area contributed by atoms with Gasteiger partial charge in [0.1, 0.15) is 6.10 Å². The molecule has 3 nitrogen and oxygen atoms in total. The van der Waals surface area contributed by atoms with Crippen LogP contribution < -0.4 is 0 Å². The highest BCUT2D eigenvalue weighted by Gasteiger charge is 2.59. The molecular formula is C38H56O3. The normalized spacial score (nSPS) is 35.2. The molecule has 4 unspecified atom stereocenters. The van der Waals surface area contributed by atoms with Gasteiger partial charge in [0.15, 0.2) is 5.78 Å². The third-order valence-corrected chi connectivity index (χ3v) is 12.5. The highest BCUT2D eigenvalue weighted by atomic mass is 16.5. The summed E-state index contributed by atoms with van der Waals surface area (Å²) < 4.78 is 6.06. The fourth-order valence-electron chi connectivity index (χ4n) is 10.1. The standard InChI is InChI=1S/C38H56O3/c1-7-9-35(39)27-12-14-28(15-13-27)36(40)41-30-20-22-37(5)29(24-30)16-17-31-33-19-18-32(26(4)11-8-10-25(2)3)38(33,6)23-21-34(31)37/h12-16,25-26,30-34H,7-11,17-24H2,1-6H3/t26-,30?,31?,32-,33?,34?,37+,38-/m1/s1. The van der Waals surface area contributed by atoms with Crippen molar-refractivity contribution in [2.45, 2.75) is 131 Å².